The molecule has 17 heavy (non-hydrogen) atoms. The lowest BCUT2D eigenvalue weighted by Crippen LogP contribution is -2.41. The maximum Gasteiger partial charge on any atom is 0.323 e. The highest BCUT2D eigenvalue weighted by molar-refractivity contribution is 7.99. The Bertz CT molecular complexity index is 234. The predicted octanol–water partition coefficient (Wildman–Crippen LogP) is 1.03. The number of rotatable bonds is 9. The van der Waals surface area contributed by atoms with E-state index >= 15 is 0 Å². The van der Waals surface area contributed by atoms with Crippen molar-refractivity contribution in [1.82, 2.24) is 5.32 Å². The summed E-state index contributed by atoms with van der Waals surface area (Å²) < 4.78 is 5.05. The minimum atomic E-state index is -0.196. The van der Waals surface area contributed by atoms with Crippen LogP contribution in [0.15, 0.2) is 0 Å². The van der Waals surface area contributed by atoms with Crippen molar-refractivity contribution in [3.05, 3.63) is 0 Å². The molecule has 1 rings (SSSR count). The maximum absolute atomic E-state index is 11.7. The first kappa shape index (κ1) is 14.8. The second kappa shape index (κ2) is 7.95. The quantitative estimate of drug-likeness (QED) is 0.607. The van der Waals surface area contributed by atoms with E-state index in [0.29, 0.717) is 12.6 Å². The van der Waals surface area contributed by atoms with Gasteiger partial charge in [0, 0.05) is 18.4 Å². The summed E-state index contributed by atoms with van der Waals surface area (Å²) in [5.41, 5.74) is 0. The molecule has 0 spiro atoms. The topological polar surface area (TPSA) is 58.6 Å². The number of carbonyl (C=O) groups excluding carboxylic acids is 1. The van der Waals surface area contributed by atoms with E-state index in [9.17, 15) is 4.79 Å². The minimum Gasteiger partial charge on any atom is -0.465 e. The van der Waals surface area contributed by atoms with E-state index in [1.165, 1.54) is 0 Å². The van der Waals surface area contributed by atoms with Gasteiger partial charge in [0.15, 0.2) is 0 Å². The highest BCUT2D eigenvalue weighted by Crippen LogP contribution is 2.21. The first-order chi connectivity index (χ1) is 8.17. The molecule has 2 N–H and O–H groups in total. The van der Waals surface area contributed by atoms with Crippen molar-refractivity contribution in [1.29, 1.82) is 0 Å². The molecule has 0 aromatic heterocycles. The Morgan fingerprint density at radius 2 is 2.24 bits per heavy atom. The van der Waals surface area contributed by atoms with Crippen LogP contribution in [0.4, 0.5) is 0 Å². The fraction of sp³-hybridized carbons (Fsp3) is 0.917. The first-order valence-corrected chi connectivity index (χ1v) is 7.44. The van der Waals surface area contributed by atoms with Crippen LogP contribution in [0.25, 0.3) is 0 Å². The van der Waals surface area contributed by atoms with E-state index in [1.54, 1.807) is 11.8 Å². The molecule has 0 amide bonds. The Morgan fingerprint density at radius 3 is 2.76 bits per heavy atom. The van der Waals surface area contributed by atoms with Gasteiger partial charge >= 0.3 is 5.97 Å². The van der Waals surface area contributed by atoms with E-state index in [4.69, 9.17) is 9.84 Å². The number of carbonyl (C=O) groups is 1. The second-order valence-electron chi connectivity index (χ2n) is 4.57. The van der Waals surface area contributed by atoms with Gasteiger partial charge in [0.2, 0.25) is 0 Å². The smallest absolute Gasteiger partial charge is 0.323 e. The van der Waals surface area contributed by atoms with Crippen LogP contribution in [0.2, 0.25) is 0 Å². The summed E-state index contributed by atoms with van der Waals surface area (Å²) in [5, 5.41) is 12.2. The lowest BCUT2D eigenvalue weighted by molar-refractivity contribution is -0.145. The molecule has 2 unspecified atom stereocenters. The van der Waals surface area contributed by atoms with Crippen LogP contribution in [0.3, 0.4) is 0 Å². The summed E-state index contributed by atoms with van der Waals surface area (Å²) in [6, 6.07) is 0.304. The van der Waals surface area contributed by atoms with Gasteiger partial charge < -0.3 is 15.2 Å². The molecule has 0 radical (unpaired) electrons. The third-order valence-corrected chi connectivity index (χ3v) is 3.96. The summed E-state index contributed by atoms with van der Waals surface area (Å²) in [6.45, 7) is 4.46. The average Bonchev–Trinajstić information content (AvgIpc) is 3.11. The zero-order valence-corrected chi connectivity index (χ0v) is 11.5. The standard InChI is InChI=1S/C12H23NO3S/c1-3-16-12(15)11(13-10-4-5-10)8-17-7-9(2)6-14/h9-11,13-14H,3-8H2,1-2H3. The SMILES string of the molecule is CCOC(=O)C(CSCC(C)CO)NC1CC1. The molecule has 5 heteroatoms. The van der Waals surface area contributed by atoms with E-state index in [0.717, 1.165) is 24.3 Å². The molecule has 0 aromatic rings. The van der Waals surface area contributed by atoms with Crippen molar-refractivity contribution >= 4 is 17.7 Å². The minimum absolute atomic E-state index is 0.149. The highest BCUT2D eigenvalue weighted by atomic mass is 32.2. The molecule has 0 aromatic carbocycles. The normalized spacial score (nSPS) is 18.8. The Morgan fingerprint density at radius 1 is 1.53 bits per heavy atom. The van der Waals surface area contributed by atoms with Gasteiger partial charge in [-0.1, -0.05) is 6.92 Å². The van der Waals surface area contributed by atoms with Crippen molar-refractivity contribution in [2.24, 2.45) is 5.92 Å². The monoisotopic (exact) mass is 261 g/mol. The molecule has 1 saturated carbocycles. The summed E-state index contributed by atoms with van der Waals surface area (Å²) in [5.74, 6) is 1.73. The molecular formula is C12H23NO3S. The summed E-state index contributed by atoms with van der Waals surface area (Å²) >= 11 is 1.69. The molecule has 0 saturated heterocycles. The molecule has 0 heterocycles. The Kier molecular flexibility index (Phi) is 6.92. The molecule has 1 fully saturated rings. The number of thioether (sulfide) groups is 1. The number of hydrogen-bond donors (Lipinski definition) is 2. The first-order valence-electron chi connectivity index (χ1n) is 6.28. The zero-order chi connectivity index (χ0) is 12.7. The molecule has 1 aliphatic rings. The summed E-state index contributed by atoms with van der Waals surface area (Å²) in [7, 11) is 0. The van der Waals surface area contributed by atoms with Crippen LogP contribution in [0, 0.1) is 5.92 Å². The molecule has 1 aliphatic carbocycles. The van der Waals surface area contributed by atoms with Crippen molar-refractivity contribution in [2.75, 3.05) is 24.7 Å². The second-order valence-corrected chi connectivity index (χ2v) is 5.65. The van der Waals surface area contributed by atoms with Gasteiger partial charge in [-0.3, -0.25) is 4.79 Å². The van der Waals surface area contributed by atoms with Gasteiger partial charge in [-0.25, -0.2) is 0 Å². The molecule has 0 aliphatic heterocycles. The fourth-order valence-electron chi connectivity index (χ4n) is 1.40. The van der Waals surface area contributed by atoms with Crippen molar-refractivity contribution in [3.63, 3.8) is 0 Å². The third kappa shape index (κ3) is 6.29. The fourth-order valence-corrected chi connectivity index (χ4v) is 2.51. The lowest BCUT2D eigenvalue weighted by Gasteiger charge is -2.17. The van der Waals surface area contributed by atoms with Gasteiger partial charge in [-0.05, 0) is 31.4 Å². The van der Waals surface area contributed by atoms with Gasteiger partial charge in [-0.15, -0.1) is 0 Å². The van der Waals surface area contributed by atoms with Gasteiger partial charge in [0.25, 0.3) is 0 Å². The number of nitrogens with one attached hydrogen (secondary N) is 1. The molecule has 2 atom stereocenters. The van der Waals surface area contributed by atoms with Crippen LogP contribution in [0.5, 0.6) is 0 Å². The zero-order valence-electron chi connectivity index (χ0n) is 10.6. The molecule has 4 nitrogen and oxygen atoms in total. The van der Waals surface area contributed by atoms with E-state index in [1.807, 2.05) is 13.8 Å². The average molecular weight is 261 g/mol. The lowest BCUT2D eigenvalue weighted by atomic mass is 10.2. The highest BCUT2D eigenvalue weighted by Gasteiger charge is 2.29. The van der Waals surface area contributed by atoms with E-state index < -0.39 is 0 Å². The van der Waals surface area contributed by atoms with Gasteiger partial charge in [0.05, 0.1) is 6.61 Å². The molecule has 100 valence electrons. The van der Waals surface area contributed by atoms with Crippen molar-refractivity contribution in [3.8, 4) is 0 Å². The van der Waals surface area contributed by atoms with Crippen molar-refractivity contribution < 1.29 is 14.6 Å². The molecular weight excluding hydrogens is 238 g/mol. The molecule has 0 bridgehead atoms. The number of aliphatic hydroxyl groups excluding tert-OH is 1. The summed E-state index contributed by atoms with van der Waals surface area (Å²) in [6.07, 6.45) is 2.32. The van der Waals surface area contributed by atoms with Crippen LogP contribution in [0.1, 0.15) is 26.7 Å². The Hall–Kier alpha value is -0.260. The number of aliphatic hydroxyl groups is 1. The number of hydrogen-bond acceptors (Lipinski definition) is 5. The Labute approximate surface area is 107 Å². The largest absolute Gasteiger partial charge is 0.465 e. The number of esters is 1. The van der Waals surface area contributed by atoms with Crippen LogP contribution in [-0.4, -0.2) is 47.9 Å². The van der Waals surface area contributed by atoms with Crippen molar-refractivity contribution in [2.45, 2.75) is 38.8 Å². The van der Waals surface area contributed by atoms with Crippen LogP contribution >= 0.6 is 11.8 Å². The maximum atomic E-state index is 11.7. The van der Waals surface area contributed by atoms with E-state index in [-0.39, 0.29) is 24.5 Å². The third-order valence-electron chi connectivity index (χ3n) is 2.58. The van der Waals surface area contributed by atoms with E-state index in [2.05, 4.69) is 5.32 Å². The van der Waals surface area contributed by atoms with Gasteiger partial charge in [-0.2, -0.15) is 11.8 Å². The van der Waals surface area contributed by atoms with Crippen LogP contribution in [-0.2, 0) is 9.53 Å². The predicted molar refractivity (Wildman–Crippen MR) is 70.2 cm³/mol. The van der Waals surface area contributed by atoms with Gasteiger partial charge in [0.1, 0.15) is 6.04 Å². The van der Waals surface area contributed by atoms with Crippen LogP contribution < -0.4 is 5.32 Å². The number of ether oxygens (including phenoxy) is 1. The summed E-state index contributed by atoms with van der Waals surface area (Å²) in [4.78, 5) is 11.7. The Balaban J connectivity index is 2.26.